The van der Waals surface area contributed by atoms with Crippen molar-refractivity contribution in [1.29, 1.82) is 0 Å². The van der Waals surface area contributed by atoms with Gasteiger partial charge in [0.25, 0.3) is 10.0 Å². The molecule has 0 saturated carbocycles. The van der Waals surface area contributed by atoms with Crippen LogP contribution in [0.5, 0.6) is 0 Å². The number of carbonyl (C=O) groups is 1. The molecule has 7 nitrogen and oxygen atoms in total. The second-order valence-electron chi connectivity index (χ2n) is 4.56. The highest BCUT2D eigenvalue weighted by Crippen LogP contribution is 2.25. The summed E-state index contributed by atoms with van der Waals surface area (Å²) in [7, 11) is -3.80. The normalized spacial score (nSPS) is 11.3. The van der Waals surface area contributed by atoms with E-state index in [-0.39, 0.29) is 21.5 Å². The number of sulfonamides is 1. The molecule has 0 radical (unpaired) electrons. The molecule has 0 saturated heterocycles. The van der Waals surface area contributed by atoms with E-state index in [1.807, 2.05) is 6.92 Å². The highest BCUT2D eigenvalue weighted by molar-refractivity contribution is 9.10. The fraction of sp³-hybridized carbons (Fsp3) is 0.286. The number of carbonyl (C=O) groups excluding carboxylic acids is 1. The standard InChI is InChI=1S/C14H16BrN3O4S/c1-3-18-9-11(8-16-18)17-23(20,21)13-6-5-10(7-12(13)15)14(19)22-4-2/h5-9,17H,3-4H2,1-2H3. The molecule has 0 fully saturated rings. The SMILES string of the molecule is CCOC(=O)c1ccc(S(=O)(=O)Nc2cnn(CC)c2)c(Br)c1. The molecule has 124 valence electrons. The summed E-state index contributed by atoms with van der Waals surface area (Å²) in [5.74, 6) is -0.505. The molecule has 0 aliphatic rings. The Morgan fingerprint density at radius 1 is 1.39 bits per heavy atom. The van der Waals surface area contributed by atoms with E-state index >= 15 is 0 Å². The average molecular weight is 402 g/mol. The van der Waals surface area contributed by atoms with Crippen molar-refractivity contribution < 1.29 is 17.9 Å². The van der Waals surface area contributed by atoms with Crippen molar-refractivity contribution in [2.45, 2.75) is 25.3 Å². The number of aryl methyl sites for hydroxylation is 1. The van der Waals surface area contributed by atoms with E-state index in [0.717, 1.165) is 0 Å². The fourth-order valence-corrected chi connectivity index (χ4v) is 3.97. The van der Waals surface area contributed by atoms with E-state index in [2.05, 4.69) is 25.8 Å². The number of ether oxygens (including phenoxy) is 1. The van der Waals surface area contributed by atoms with Crippen molar-refractivity contribution in [3.05, 3.63) is 40.6 Å². The lowest BCUT2D eigenvalue weighted by atomic mass is 10.2. The Balaban J connectivity index is 2.27. The maximum absolute atomic E-state index is 12.4. The molecule has 1 aromatic heterocycles. The maximum Gasteiger partial charge on any atom is 0.338 e. The molecule has 9 heteroatoms. The summed E-state index contributed by atoms with van der Waals surface area (Å²) < 4.78 is 34.1. The van der Waals surface area contributed by atoms with Gasteiger partial charge in [-0.05, 0) is 48.0 Å². The van der Waals surface area contributed by atoms with Crippen LogP contribution in [0.3, 0.4) is 0 Å². The highest BCUT2D eigenvalue weighted by Gasteiger charge is 2.20. The van der Waals surface area contributed by atoms with Crippen LogP contribution < -0.4 is 4.72 Å². The van der Waals surface area contributed by atoms with Crippen LogP contribution in [0.25, 0.3) is 0 Å². The number of hydrogen-bond acceptors (Lipinski definition) is 5. The van der Waals surface area contributed by atoms with E-state index < -0.39 is 16.0 Å². The first-order chi connectivity index (χ1) is 10.9. The first kappa shape index (κ1) is 17.5. The van der Waals surface area contributed by atoms with Gasteiger partial charge in [0.1, 0.15) is 4.90 Å². The van der Waals surface area contributed by atoms with Gasteiger partial charge in [0, 0.05) is 17.2 Å². The minimum atomic E-state index is -3.80. The van der Waals surface area contributed by atoms with Crippen molar-refractivity contribution in [2.24, 2.45) is 0 Å². The largest absolute Gasteiger partial charge is 0.462 e. The Bertz CT molecular complexity index is 817. The summed E-state index contributed by atoms with van der Waals surface area (Å²) in [6.07, 6.45) is 3.03. The summed E-state index contributed by atoms with van der Waals surface area (Å²) >= 11 is 3.19. The molecule has 0 unspecified atom stereocenters. The van der Waals surface area contributed by atoms with Gasteiger partial charge in [-0.1, -0.05) is 0 Å². The molecule has 2 aromatic rings. The lowest BCUT2D eigenvalue weighted by molar-refractivity contribution is 0.0526. The Kier molecular flexibility index (Phi) is 5.42. The molecule has 0 bridgehead atoms. The zero-order chi connectivity index (χ0) is 17.0. The number of nitrogens with zero attached hydrogens (tertiary/aromatic N) is 2. The van der Waals surface area contributed by atoms with Crippen LogP contribution >= 0.6 is 15.9 Å². The maximum atomic E-state index is 12.4. The van der Waals surface area contributed by atoms with E-state index in [4.69, 9.17) is 4.74 Å². The molecule has 1 aromatic carbocycles. The monoisotopic (exact) mass is 401 g/mol. The minimum Gasteiger partial charge on any atom is -0.462 e. The Hall–Kier alpha value is -1.87. The Morgan fingerprint density at radius 3 is 2.70 bits per heavy atom. The average Bonchev–Trinajstić information content (AvgIpc) is 2.94. The van der Waals surface area contributed by atoms with Gasteiger partial charge in [-0.3, -0.25) is 9.40 Å². The Morgan fingerprint density at radius 2 is 2.13 bits per heavy atom. The van der Waals surface area contributed by atoms with E-state index in [1.54, 1.807) is 17.8 Å². The number of rotatable bonds is 6. The number of anilines is 1. The zero-order valence-corrected chi connectivity index (χ0v) is 15.0. The van der Waals surface area contributed by atoms with E-state index in [0.29, 0.717) is 12.2 Å². The predicted molar refractivity (Wildman–Crippen MR) is 88.8 cm³/mol. The summed E-state index contributed by atoms with van der Waals surface area (Å²) in [5.41, 5.74) is 0.643. The molecule has 0 spiro atoms. The number of aromatic nitrogens is 2. The van der Waals surface area contributed by atoms with Crippen LogP contribution in [0.1, 0.15) is 24.2 Å². The highest BCUT2D eigenvalue weighted by atomic mass is 79.9. The van der Waals surface area contributed by atoms with Crippen LogP contribution in [-0.2, 0) is 21.3 Å². The molecule has 1 N–H and O–H groups in total. The molecule has 1 heterocycles. The van der Waals surface area contributed by atoms with Crippen molar-refractivity contribution in [2.75, 3.05) is 11.3 Å². The van der Waals surface area contributed by atoms with Crippen molar-refractivity contribution in [3.8, 4) is 0 Å². The number of esters is 1. The fourth-order valence-electron chi connectivity index (χ4n) is 1.86. The topological polar surface area (TPSA) is 90.3 Å². The molecule has 0 atom stereocenters. The molecular weight excluding hydrogens is 386 g/mol. The van der Waals surface area contributed by atoms with E-state index in [1.165, 1.54) is 24.4 Å². The first-order valence-electron chi connectivity index (χ1n) is 6.89. The number of nitrogens with one attached hydrogen (secondary N) is 1. The summed E-state index contributed by atoms with van der Waals surface area (Å²) in [6.45, 7) is 4.49. The third kappa shape index (κ3) is 4.11. The van der Waals surface area contributed by atoms with Gasteiger partial charge in [-0.25, -0.2) is 13.2 Å². The summed E-state index contributed by atoms with van der Waals surface area (Å²) in [6, 6.07) is 4.18. The third-order valence-electron chi connectivity index (χ3n) is 2.94. The van der Waals surface area contributed by atoms with Gasteiger partial charge < -0.3 is 4.74 Å². The van der Waals surface area contributed by atoms with Crippen LogP contribution in [0, 0.1) is 0 Å². The van der Waals surface area contributed by atoms with Crippen molar-refractivity contribution >= 4 is 37.6 Å². The lowest BCUT2D eigenvalue weighted by Crippen LogP contribution is -2.14. The smallest absolute Gasteiger partial charge is 0.338 e. The van der Waals surface area contributed by atoms with Crippen LogP contribution in [-0.4, -0.2) is 30.8 Å². The lowest BCUT2D eigenvalue weighted by Gasteiger charge is -2.09. The van der Waals surface area contributed by atoms with Crippen LogP contribution in [0.15, 0.2) is 40.0 Å². The van der Waals surface area contributed by atoms with E-state index in [9.17, 15) is 13.2 Å². The number of halogens is 1. The quantitative estimate of drug-likeness (QED) is 0.751. The van der Waals surface area contributed by atoms with Crippen molar-refractivity contribution in [3.63, 3.8) is 0 Å². The number of benzene rings is 1. The first-order valence-corrected chi connectivity index (χ1v) is 9.17. The van der Waals surface area contributed by atoms with Gasteiger partial charge in [0.05, 0.1) is 24.1 Å². The Labute approximate surface area is 142 Å². The van der Waals surface area contributed by atoms with Gasteiger partial charge in [-0.2, -0.15) is 5.10 Å². The molecule has 0 aliphatic heterocycles. The molecule has 2 rings (SSSR count). The molecule has 0 aliphatic carbocycles. The third-order valence-corrected chi connectivity index (χ3v) is 5.30. The van der Waals surface area contributed by atoms with Crippen LogP contribution in [0.2, 0.25) is 0 Å². The molecule has 23 heavy (non-hydrogen) atoms. The molecule has 0 amide bonds. The minimum absolute atomic E-state index is 0.0230. The second-order valence-corrected chi connectivity index (χ2v) is 7.06. The van der Waals surface area contributed by atoms with Gasteiger partial charge in [0.2, 0.25) is 0 Å². The predicted octanol–water partition coefficient (Wildman–Crippen LogP) is 2.64. The number of hydrogen-bond donors (Lipinski definition) is 1. The van der Waals surface area contributed by atoms with Crippen LogP contribution in [0.4, 0.5) is 5.69 Å². The van der Waals surface area contributed by atoms with Gasteiger partial charge in [-0.15, -0.1) is 0 Å². The summed E-state index contributed by atoms with van der Waals surface area (Å²) in [5, 5.41) is 4.01. The van der Waals surface area contributed by atoms with Gasteiger partial charge >= 0.3 is 5.97 Å². The van der Waals surface area contributed by atoms with Gasteiger partial charge in [0.15, 0.2) is 0 Å². The second kappa shape index (κ2) is 7.14. The zero-order valence-electron chi connectivity index (χ0n) is 12.6. The van der Waals surface area contributed by atoms with Crippen molar-refractivity contribution in [1.82, 2.24) is 9.78 Å². The summed E-state index contributed by atoms with van der Waals surface area (Å²) in [4.78, 5) is 11.7. The molecular formula is C14H16BrN3O4S.